The van der Waals surface area contributed by atoms with Crippen molar-refractivity contribution >= 4 is 44.7 Å². The molecule has 1 aromatic heterocycles. The van der Waals surface area contributed by atoms with Crippen LogP contribution < -0.4 is 15.4 Å². The number of benzene rings is 2. The van der Waals surface area contributed by atoms with E-state index in [4.69, 9.17) is 4.74 Å². The molecule has 1 aliphatic rings. The fourth-order valence-corrected chi connectivity index (χ4v) is 6.85. The number of carbonyl (C=O) groups excluding carboxylic acids is 2. The number of rotatable bonds is 8. The van der Waals surface area contributed by atoms with Crippen LogP contribution in [0.4, 0.5) is 20.6 Å². The normalized spacial score (nSPS) is 18.5. The lowest BCUT2D eigenvalue weighted by Crippen LogP contribution is -2.48. The number of thiophene rings is 1. The van der Waals surface area contributed by atoms with Gasteiger partial charge >= 0.3 is 6.03 Å². The van der Waals surface area contributed by atoms with E-state index in [0.29, 0.717) is 22.7 Å². The summed E-state index contributed by atoms with van der Waals surface area (Å²) in [6.45, 7) is 3.65. The van der Waals surface area contributed by atoms with Gasteiger partial charge in [-0.25, -0.2) is 17.6 Å². The second-order valence-corrected chi connectivity index (χ2v) is 13.2. The summed E-state index contributed by atoms with van der Waals surface area (Å²) >= 11 is 1.13. The number of nitrogens with zero attached hydrogens (tertiary/aromatic N) is 2. The zero-order valence-electron chi connectivity index (χ0n) is 22.9. The van der Waals surface area contributed by atoms with Crippen molar-refractivity contribution in [2.75, 3.05) is 37.4 Å². The summed E-state index contributed by atoms with van der Waals surface area (Å²) in [4.78, 5) is 27.5. The SMILES string of the molecule is C[C@H](CO)N1C[C@H](C)[C@H](CN(C)S(=O)(=O)c2cccs2)Oc2ccc(NC(=O)Nc3ccc(F)cc3)cc2CC1=O. The van der Waals surface area contributed by atoms with Crippen molar-refractivity contribution in [2.24, 2.45) is 5.92 Å². The number of aliphatic hydroxyl groups is 1. The van der Waals surface area contributed by atoms with E-state index in [1.165, 1.54) is 35.6 Å². The van der Waals surface area contributed by atoms with Crippen molar-refractivity contribution in [1.29, 1.82) is 0 Å². The lowest BCUT2D eigenvalue weighted by Gasteiger charge is -2.33. The third kappa shape index (κ3) is 7.41. The van der Waals surface area contributed by atoms with Gasteiger partial charge < -0.3 is 25.4 Å². The van der Waals surface area contributed by atoms with E-state index in [9.17, 15) is 27.5 Å². The zero-order valence-corrected chi connectivity index (χ0v) is 24.5. The fraction of sp³-hybridized carbons (Fsp3) is 0.357. The number of fused-ring (bicyclic) bond motifs is 1. The molecule has 3 N–H and O–H groups in total. The van der Waals surface area contributed by atoms with Gasteiger partial charge in [-0.3, -0.25) is 4.79 Å². The molecule has 0 saturated heterocycles. The highest BCUT2D eigenvalue weighted by atomic mass is 32.2. The number of anilines is 2. The topological polar surface area (TPSA) is 128 Å². The third-order valence-corrected chi connectivity index (χ3v) is 10.1. The quantitative estimate of drug-likeness (QED) is 0.357. The molecule has 2 aromatic carbocycles. The predicted molar refractivity (Wildman–Crippen MR) is 155 cm³/mol. The van der Waals surface area contributed by atoms with Crippen molar-refractivity contribution in [3.63, 3.8) is 0 Å². The average molecular weight is 605 g/mol. The van der Waals surface area contributed by atoms with E-state index < -0.39 is 34.0 Å². The molecule has 4 rings (SSSR count). The number of aliphatic hydroxyl groups excluding tert-OH is 1. The molecule has 0 bridgehead atoms. The minimum atomic E-state index is -3.74. The fourth-order valence-electron chi connectivity index (χ4n) is 4.47. The first kappa shape index (κ1) is 30.4. The van der Waals surface area contributed by atoms with E-state index in [1.54, 1.807) is 47.5 Å². The molecule has 41 heavy (non-hydrogen) atoms. The van der Waals surface area contributed by atoms with Gasteiger partial charge in [-0.05, 0) is 60.8 Å². The molecular formula is C28H33FN4O6S2. The van der Waals surface area contributed by atoms with Crippen molar-refractivity contribution < 1.29 is 32.2 Å². The lowest BCUT2D eigenvalue weighted by molar-refractivity contribution is -0.134. The van der Waals surface area contributed by atoms with Gasteiger partial charge in [0.2, 0.25) is 5.91 Å². The van der Waals surface area contributed by atoms with Crippen molar-refractivity contribution in [1.82, 2.24) is 9.21 Å². The minimum Gasteiger partial charge on any atom is -0.488 e. The van der Waals surface area contributed by atoms with Crippen LogP contribution in [0.1, 0.15) is 19.4 Å². The molecule has 1 aliphatic heterocycles. The molecule has 0 fully saturated rings. The van der Waals surface area contributed by atoms with Crippen LogP contribution >= 0.6 is 11.3 Å². The maximum atomic E-state index is 13.4. The number of sulfonamides is 1. The van der Waals surface area contributed by atoms with Crippen molar-refractivity contribution in [3.8, 4) is 5.75 Å². The number of halogens is 1. The smallest absolute Gasteiger partial charge is 0.323 e. The van der Waals surface area contributed by atoms with Gasteiger partial charge in [-0.1, -0.05) is 13.0 Å². The Bertz CT molecular complexity index is 1470. The molecule has 0 radical (unpaired) electrons. The molecule has 3 amide bonds. The number of hydrogen-bond acceptors (Lipinski definition) is 7. The van der Waals surface area contributed by atoms with Crippen LogP contribution in [0.2, 0.25) is 0 Å². The average Bonchev–Trinajstić information content (AvgIpc) is 3.49. The van der Waals surface area contributed by atoms with Gasteiger partial charge in [0.25, 0.3) is 10.0 Å². The van der Waals surface area contributed by atoms with Gasteiger partial charge in [0, 0.05) is 36.4 Å². The van der Waals surface area contributed by atoms with Gasteiger partial charge in [0.05, 0.1) is 25.6 Å². The zero-order chi connectivity index (χ0) is 29.7. The monoisotopic (exact) mass is 604 g/mol. The summed E-state index contributed by atoms with van der Waals surface area (Å²) < 4.78 is 47.3. The number of carbonyl (C=O) groups is 2. The van der Waals surface area contributed by atoms with Gasteiger partial charge in [0.1, 0.15) is 21.9 Å². The Kier molecular flexibility index (Phi) is 9.64. The molecule has 0 spiro atoms. The number of nitrogens with one attached hydrogen (secondary N) is 2. The van der Waals surface area contributed by atoms with Gasteiger partial charge in [0.15, 0.2) is 0 Å². The molecule has 13 heteroatoms. The predicted octanol–water partition coefficient (Wildman–Crippen LogP) is 4.00. The molecule has 10 nitrogen and oxygen atoms in total. The van der Waals surface area contributed by atoms with Gasteiger partial charge in [-0.15, -0.1) is 11.3 Å². The number of ether oxygens (including phenoxy) is 1. The molecular weight excluding hydrogens is 571 g/mol. The number of hydrogen-bond donors (Lipinski definition) is 3. The van der Waals surface area contributed by atoms with Crippen LogP contribution in [0.15, 0.2) is 64.2 Å². The van der Waals surface area contributed by atoms with Crippen LogP contribution in [0.3, 0.4) is 0 Å². The first-order valence-corrected chi connectivity index (χ1v) is 15.3. The van der Waals surface area contributed by atoms with E-state index in [2.05, 4.69) is 10.6 Å². The summed E-state index contributed by atoms with van der Waals surface area (Å²) in [5, 5.41) is 16.9. The Morgan fingerprint density at radius 1 is 1.20 bits per heavy atom. The molecule has 0 aliphatic carbocycles. The Labute approximate surface area is 242 Å². The first-order chi connectivity index (χ1) is 19.5. The molecule has 0 unspecified atom stereocenters. The maximum Gasteiger partial charge on any atom is 0.323 e. The summed E-state index contributed by atoms with van der Waals surface area (Å²) in [5.41, 5.74) is 1.28. The third-order valence-electron chi connectivity index (χ3n) is 6.87. The number of urea groups is 1. The largest absolute Gasteiger partial charge is 0.488 e. The summed E-state index contributed by atoms with van der Waals surface area (Å²) in [7, 11) is -2.25. The van der Waals surface area contributed by atoms with Crippen molar-refractivity contribution in [2.45, 2.75) is 36.6 Å². The van der Waals surface area contributed by atoms with Gasteiger partial charge in [-0.2, -0.15) is 4.31 Å². The highest BCUT2D eigenvalue weighted by Crippen LogP contribution is 2.30. The molecule has 3 aromatic rings. The van der Waals surface area contributed by atoms with E-state index in [1.807, 2.05) is 6.92 Å². The first-order valence-electron chi connectivity index (χ1n) is 13.0. The Balaban J connectivity index is 1.60. The molecule has 2 heterocycles. The van der Waals surface area contributed by atoms with Crippen molar-refractivity contribution in [3.05, 3.63) is 71.4 Å². The Morgan fingerprint density at radius 2 is 1.88 bits per heavy atom. The molecule has 3 atom stereocenters. The van der Waals surface area contributed by atoms with Crippen LogP contribution in [-0.4, -0.2) is 73.6 Å². The number of likely N-dealkylation sites (N-methyl/N-ethyl adjacent to an activating group) is 1. The van der Waals surface area contributed by atoms with E-state index >= 15 is 0 Å². The molecule has 0 saturated carbocycles. The highest BCUT2D eigenvalue weighted by Gasteiger charge is 2.33. The molecule has 220 valence electrons. The Morgan fingerprint density at radius 3 is 2.54 bits per heavy atom. The standard InChI is InChI=1S/C28H33FN4O6S2/c1-18-15-33(19(2)17-34)26(35)14-20-13-23(31-28(36)30-22-8-6-21(29)7-9-22)10-11-24(20)39-25(18)16-32(3)41(37,38)27-5-4-12-40-27/h4-13,18-19,25,34H,14-17H2,1-3H3,(H2,30,31,36)/t18-,19+,25-/m0/s1. The second kappa shape index (κ2) is 13.0. The highest BCUT2D eigenvalue weighted by molar-refractivity contribution is 7.91. The summed E-state index contributed by atoms with van der Waals surface area (Å²) in [6, 6.07) is 12.4. The minimum absolute atomic E-state index is 0.0243. The van der Waals surface area contributed by atoms with Crippen LogP contribution in [-0.2, 0) is 21.2 Å². The second-order valence-electron chi connectivity index (χ2n) is 10.0. The maximum absolute atomic E-state index is 13.4. The lowest BCUT2D eigenvalue weighted by atomic mass is 10.0. The van der Waals surface area contributed by atoms with Crippen LogP contribution in [0.25, 0.3) is 0 Å². The van der Waals surface area contributed by atoms with E-state index in [-0.39, 0.29) is 42.2 Å². The Hall–Kier alpha value is -3.52. The van der Waals surface area contributed by atoms with E-state index in [0.717, 1.165) is 11.3 Å². The summed E-state index contributed by atoms with van der Waals surface area (Å²) in [6.07, 6.45) is -0.689. The van der Waals surface area contributed by atoms with Crippen LogP contribution in [0.5, 0.6) is 5.75 Å². The number of amides is 3. The van der Waals surface area contributed by atoms with Crippen LogP contribution in [0, 0.1) is 11.7 Å². The summed E-state index contributed by atoms with van der Waals surface area (Å²) in [5.74, 6) is -0.568.